The number of nitrogens with zero attached hydrogens (tertiary/aromatic N) is 2. The van der Waals surface area contributed by atoms with Crippen molar-refractivity contribution >= 4 is 0 Å². The Bertz CT molecular complexity index is 297. The molecule has 0 aromatic carbocycles. The maximum absolute atomic E-state index is 2.74. The summed E-state index contributed by atoms with van der Waals surface area (Å²) in [5.41, 5.74) is 0.707. The minimum atomic E-state index is 0.707. The molecule has 2 heterocycles. The fraction of sp³-hybridized carbons (Fsp3) is 1.00. The van der Waals surface area contributed by atoms with E-state index in [-0.39, 0.29) is 0 Å². The lowest BCUT2D eigenvalue weighted by atomic mass is 9.71. The Kier molecular flexibility index (Phi) is 7.21. The Balaban J connectivity index is 1.61. The Labute approximate surface area is 139 Å². The van der Waals surface area contributed by atoms with Gasteiger partial charge in [0.05, 0.1) is 0 Å². The van der Waals surface area contributed by atoms with Crippen LogP contribution in [-0.2, 0) is 0 Å². The van der Waals surface area contributed by atoms with E-state index in [1.165, 1.54) is 84.2 Å². The van der Waals surface area contributed by atoms with E-state index in [4.69, 9.17) is 0 Å². The second-order valence-corrected chi connectivity index (χ2v) is 8.61. The van der Waals surface area contributed by atoms with Crippen molar-refractivity contribution in [2.24, 2.45) is 17.3 Å². The van der Waals surface area contributed by atoms with Crippen LogP contribution in [0.4, 0.5) is 0 Å². The van der Waals surface area contributed by atoms with Crippen molar-refractivity contribution in [1.82, 2.24) is 9.80 Å². The molecule has 2 aliphatic rings. The van der Waals surface area contributed by atoms with Gasteiger partial charge in [-0.1, -0.05) is 53.4 Å². The van der Waals surface area contributed by atoms with Crippen molar-refractivity contribution in [3.05, 3.63) is 0 Å². The molecule has 0 aromatic heterocycles. The minimum absolute atomic E-state index is 0.707. The summed E-state index contributed by atoms with van der Waals surface area (Å²) in [6.45, 7) is 17.5. The Hall–Kier alpha value is -0.0800. The van der Waals surface area contributed by atoms with Crippen LogP contribution in [0.15, 0.2) is 0 Å². The molecule has 130 valence electrons. The molecule has 2 saturated heterocycles. The molecule has 2 heteroatoms. The van der Waals surface area contributed by atoms with Gasteiger partial charge in [-0.05, 0) is 56.1 Å². The van der Waals surface area contributed by atoms with Gasteiger partial charge in [0.15, 0.2) is 0 Å². The van der Waals surface area contributed by atoms with Gasteiger partial charge in [0, 0.05) is 19.6 Å². The zero-order valence-electron chi connectivity index (χ0n) is 15.7. The first-order chi connectivity index (χ1) is 10.6. The highest BCUT2D eigenvalue weighted by Gasteiger charge is 2.44. The summed E-state index contributed by atoms with van der Waals surface area (Å²) < 4.78 is 0. The maximum atomic E-state index is 2.74. The number of rotatable bonds is 9. The molecular weight excluding hydrogens is 268 g/mol. The minimum Gasteiger partial charge on any atom is -0.303 e. The van der Waals surface area contributed by atoms with E-state index >= 15 is 0 Å². The Morgan fingerprint density at radius 2 is 1.64 bits per heavy atom. The van der Waals surface area contributed by atoms with Gasteiger partial charge >= 0.3 is 0 Å². The van der Waals surface area contributed by atoms with Gasteiger partial charge < -0.3 is 9.80 Å². The first-order valence-electron chi connectivity index (χ1n) is 10.0. The van der Waals surface area contributed by atoms with Gasteiger partial charge in [0.25, 0.3) is 0 Å². The lowest BCUT2D eigenvalue weighted by molar-refractivity contribution is -0.0499. The standard InChI is InChI=1S/C20H40N2/c1-5-7-8-19(6-2)9-12-22-16-20(17-22)10-13-21(14-11-20)15-18(3)4/h18-19H,5-17H2,1-4H3. The smallest absolute Gasteiger partial charge is 0.00514 e. The zero-order valence-corrected chi connectivity index (χ0v) is 15.7. The summed E-state index contributed by atoms with van der Waals surface area (Å²) in [4.78, 5) is 5.43. The highest BCUT2D eigenvalue weighted by molar-refractivity contribution is 4.98. The average Bonchev–Trinajstić information content (AvgIpc) is 2.46. The first kappa shape index (κ1) is 18.3. The first-order valence-corrected chi connectivity index (χ1v) is 10.0. The summed E-state index contributed by atoms with van der Waals surface area (Å²) in [7, 11) is 0. The molecule has 1 unspecified atom stereocenters. The Morgan fingerprint density at radius 1 is 0.955 bits per heavy atom. The van der Waals surface area contributed by atoms with Crippen LogP contribution in [-0.4, -0.2) is 49.1 Å². The van der Waals surface area contributed by atoms with Crippen molar-refractivity contribution in [3.63, 3.8) is 0 Å². The van der Waals surface area contributed by atoms with Crippen LogP contribution in [0.25, 0.3) is 0 Å². The molecule has 2 aliphatic heterocycles. The molecule has 2 fully saturated rings. The Morgan fingerprint density at radius 3 is 2.18 bits per heavy atom. The third-order valence-electron chi connectivity index (χ3n) is 6.05. The van der Waals surface area contributed by atoms with E-state index in [0.717, 1.165) is 11.8 Å². The van der Waals surface area contributed by atoms with Crippen LogP contribution in [0.3, 0.4) is 0 Å². The van der Waals surface area contributed by atoms with E-state index in [0.29, 0.717) is 5.41 Å². The summed E-state index contributed by atoms with van der Waals surface area (Å²) in [5, 5.41) is 0. The van der Waals surface area contributed by atoms with Gasteiger partial charge in [-0.3, -0.25) is 0 Å². The summed E-state index contributed by atoms with van der Waals surface area (Å²) in [6, 6.07) is 0. The van der Waals surface area contributed by atoms with Gasteiger partial charge in [0.1, 0.15) is 0 Å². The average molecular weight is 309 g/mol. The third-order valence-corrected chi connectivity index (χ3v) is 6.05. The molecule has 0 radical (unpaired) electrons. The van der Waals surface area contributed by atoms with Crippen LogP contribution >= 0.6 is 0 Å². The number of unbranched alkanes of at least 4 members (excludes halogenated alkanes) is 1. The molecule has 1 atom stereocenters. The molecule has 0 aliphatic carbocycles. The number of piperidine rings is 1. The van der Waals surface area contributed by atoms with Crippen LogP contribution < -0.4 is 0 Å². The predicted octanol–water partition coefficient (Wildman–Crippen LogP) is 4.65. The topological polar surface area (TPSA) is 6.48 Å². The maximum Gasteiger partial charge on any atom is 0.00514 e. The van der Waals surface area contributed by atoms with E-state index in [2.05, 4.69) is 37.5 Å². The van der Waals surface area contributed by atoms with E-state index in [1.54, 1.807) is 0 Å². The summed E-state index contributed by atoms with van der Waals surface area (Å²) in [6.07, 6.45) is 9.95. The van der Waals surface area contributed by atoms with Crippen LogP contribution in [0, 0.1) is 17.3 Å². The molecular formula is C20H40N2. The van der Waals surface area contributed by atoms with Crippen molar-refractivity contribution in [2.75, 3.05) is 39.3 Å². The lowest BCUT2D eigenvalue weighted by Crippen LogP contribution is -2.60. The second-order valence-electron chi connectivity index (χ2n) is 8.61. The molecule has 0 N–H and O–H groups in total. The molecule has 2 nitrogen and oxygen atoms in total. The number of likely N-dealkylation sites (tertiary alicyclic amines) is 2. The van der Waals surface area contributed by atoms with Crippen molar-refractivity contribution in [3.8, 4) is 0 Å². The van der Waals surface area contributed by atoms with Crippen LogP contribution in [0.2, 0.25) is 0 Å². The number of hydrogen-bond donors (Lipinski definition) is 0. The largest absolute Gasteiger partial charge is 0.303 e. The second kappa shape index (κ2) is 8.68. The highest BCUT2D eigenvalue weighted by atomic mass is 15.2. The molecule has 1 spiro atoms. The predicted molar refractivity (Wildman–Crippen MR) is 97.3 cm³/mol. The molecule has 0 saturated carbocycles. The molecule has 0 aromatic rings. The van der Waals surface area contributed by atoms with Gasteiger partial charge in [-0.2, -0.15) is 0 Å². The SMILES string of the molecule is CCCCC(CC)CCN1CC2(CCN(CC(C)C)CC2)C1. The molecule has 0 bridgehead atoms. The van der Waals surface area contributed by atoms with Crippen molar-refractivity contribution in [1.29, 1.82) is 0 Å². The monoisotopic (exact) mass is 308 g/mol. The van der Waals surface area contributed by atoms with E-state index < -0.39 is 0 Å². The zero-order chi connectivity index (χ0) is 16.0. The highest BCUT2D eigenvalue weighted by Crippen LogP contribution is 2.40. The molecule has 22 heavy (non-hydrogen) atoms. The van der Waals surface area contributed by atoms with E-state index in [9.17, 15) is 0 Å². The summed E-state index contributed by atoms with van der Waals surface area (Å²) >= 11 is 0. The van der Waals surface area contributed by atoms with Crippen molar-refractivity contribution in [2.45, 2.75) is 72.6 Å². The fourth-order valence-corrected chi connectivity index (χ4v) is 4.51. The van der Waals surface area contributed by atoms with Gasteiger partial charge in [-0.15, -0.1) is 0 Å². The third kappa shape index (κ3) is 5.23. The van der Waals surface area contributed by atoms with E-state index in [1.807, 2.05) is 0 Å². The van der Waals surface area contributed by atoms with Gasteiger partial charge in [0.2, 0.25) is 0 Å². The lowest BCUT2D eigenvalue weighted by Gasteiger charge is -2.54. The van der Waals surface area contributed by atoms with Crippen LogP contribution in [0.5, 0.6) is 0 Å². The molecule has 0 amide bonds. The quantitative estimate of drug-likeness (QED) is 0.612. The van der Waals surface area contributed by atoms with Gasteiger partial charge in [-0.25, -0.2) is 0 Å². The van der Waals surface area contributed by atoms with Crippen molar-refractivity contribution < 1.29 is 0 Å². The molecule has 2 rings (SSSR count). The normalized spacial score (nSPS) is 23.9. The fourth-order valence-electron chi connectivity index (χ4n) is 4.51. The van der Waals surface area contributed by atoms with Crippen LogP contribution in [0.1, 0.15) is 72.6 Å². The number of hydrogen-bond acceptors (Lipinski definition) is 2. The summed E-state index contributed by atoms with van der Waals surface area (Å²) in [5.74, 6) is 1.80.